The minimum atomic E-state index is -1.00. The lowest BCUT2D eigenvalue weighted by molar-refractivity contribution is 0.0469. The van der Waals surface area contributed by atoms with Crippen molar-refractivity contribution in [3.8, 4) is 11.5 Å². The molecule has 0 saturated carbocycles. The molecule has 2 aromatic carbocycles. The van der Waals surface area contributed by atoms with Crippen molar-refractivity contribution < 1.29 is 56.4 Å². The van der Waals surface area contributed by atoms with Crippen molar-refractivity contribution in [1.82, 2.24) is 29.6 Å². The van der Waals surface area contributed by atoms with Crippen LogP contribution in [0.15, 0.2) is 58.4 Å². The van der Waals surface area contributed by atoms with Crippen LogP contribution in [0.25, 0.3) is 0 Å². The quantitative estimate of drug-likeness (QED) is 0.191. The first-order chi connectivity index (χ1) is 29.0. The van der Waals surface area contributed by atoms with Crippen molar-refractivity contribution in [2.45, 2.75) is 64.1 Å². The summed E-state index contributed by atoms with van der Waals surface area (Å²) in [7, 11) is 0. The third kappa shape index (κ3) is 7.72. The highest BCUT2D eigenvalue weighted by molar-refractivity contribution is 6.00. The van der Waals surface area contributed by atoms with E-state index in [9.17, 15) is 56.5 Å². The molecule has 16 nitrogen and oxygen atoms in total. The fourth-order valence-corrected chi connectivity index (χ4v) is 8.09. The highest BCUT2D eigenvalue weighted by Gasteiger charge is 2.47. The van der Waals surface area contributed by atoms with Crippen molar-refractivity contribution in [3.05, 3.63) is 126 Å². The number of fused-ring (bicyclic) bond motifs is 6. The molecule has 2 saturated heterocycles. The lowest BCUT2D eigenvalue weighted by Gasteiger charge is -2.41. The van der Waals surface area contributed by atoms with Crippen LogP contribution in [0.1, 0.15) is 85.7 Å². The standard InChI is InChI=1S/C21H21F2N3O5.C20H19F2N3O5/c1-10(2)26-16-9-31-8-15(16)25-7-13(18(27)19(28)17(25)21(26)30)20(29)24-6-11-3-4-12(22)5-14(11)23;1-2-24-14-8-30-9-15(14)25-7-12(17(26)18(27)16(25)20(24)29)19(28)23-6-10-3-4-11(21)5-13(10)22/h3-5,7,10,15-16,28H,6,8-9H2,1-2H3,(H,24,29);3-5,7,14-15,27H,2,6,8-9H2,1H3,(H,23,28). The number of aromatic hydroxyl groups is 2. The molecule has 0 bridgehead atoms. The molecule has 0 spiro atoms. The third-order valence-corrected chi connectivity index (χ3v) is 11.1. The highest BCUT2D eigenvalue weighted by Crippen LogP contribution is 2.36. The van der Waals surface area contributed by atoms with Gasteiger partial charge in [0.2, 0.25) is 10.9 Å². The van der Waals surface area contributed by atoms with E-state index in [0.29, 0.717) is 31.9 Å². The van der Waals surface area contributed by atoms with E-state index in [1.54, 1.807) is 11.8 Å². The Labute approximate surface area is 343 Å². The van der Waals surface area contributed by atoms with Gasteiger partial charge in [0.05, 0.1) is 50.6 Å². The van der Waals surface area contributed by atoms with Crippen LogP contribution in [-0.4, -0.2) is 104 Å². The summed E-state index contributed by atoms with van der Waals surface area (Å²) in [5, 5.41) is 25.7. The van der Waals surface area contributed by atoms with Crippen LogP contribution in [0.5, 0.6) is 11.5 Å². The molecule has 0 aliphatic carbocycles. The van der Waals surface area contributed by atoms with Crippen molar-refractivity contribution in [2.24, 2.45) is 0 Å². The molecule has 4 amide bonds. The van der Waals surface area contributed by atoms with Crippen molar-refractivity contribution in [3.63, 3.8) is 0 Å². The van der Waals surface area contributed by atoms with Gasteiger partial charge in [-0.15, -0.1) is 0 Å². The number of pyridine rings is 2. The molecule has 0 radical (unpaired) electrons. The molecule has 322 valence electrons. The Kier molecular flexibility index (Phi) is 11.8. The second-order valence-corrected chi connectivity index (χ2v) is 15.0. The van der Waals surface area contributed by atoms with Gasteiger partial charge in [-0.25, -0.2) is 17.6 Å². The number of ether oxygens (including phenoxy) is 2. The van der Waals surface area contributed by atoms with Crippen LogP contribution in [0.4, 0.5) is 17.6 Å². The smallest absolute Gasteiger partial charge is 0.275 e. The van der Waals surface area contributed by atoms with Gasteiger partial charge in [0.15, 0.2) is 22.9 Å². The van der Waals surface area contributed by atoms with Crippen LogP contribution >= 0.6 is 0 Å². The van der Waals surface area contributed by atoms with Crippen LogP contribution in [-0.2, 0) is 22.6 Å². The van der Waals surface area contributed by atoms with Gasteiger partial charge < -0.3 is 49.3 Å². The molecule has 4 atom stereocenters. The Morgan fingerprint density at radius 2 is 1.11 bits per heavy atom. The molecule has 2 fully saturated rings. The molecule has 20 heteroatoms. The number of nitrogens with one attached hydrogen (secondary N) is 2. The number of likely N-dealkylation sites (N-methyl/N-ethyl adjacent to an activating group) is 1. The second kappa shape index (κ2) is 16.8. The Morgan fingerprint density at radius 3 is 1.56 bits per heavy atom. The number of halogens is 4. The molecule has 61 heavy (non-hydrogen) atoms. The average molecular weight is 853 g/mol. The lowest BCUT2D eigenvalue weighted by atomic mass is 10.0. The summed E-state index contributed by atoms with van der Waals surface area (Å²) >= 11 is 0. The van der Waals surface area contributed by atoms with E-state index in [1.165, 1.54) is 38.6 Å². The number of benzene rings is 2. The van der Waals surface area contributed by atoms with Crippen LogP contribution in [0, 0.1) is 23.3 Å². The molecular weight excluding hydrogens is 812 g/mol. The molecule has 4 aliphatic heterocycles. The molecule has 6 heterocycles. The van der Waals surface area contributed by atoms with Crippen molar-refractivity contribution in [2.75, 3.05) is 33.0 Å². The molecule has 4 N–H and O–H groups in total. The first-order valence-corrected chi connectivity index (χ1v) is 19.2. The van der Waals surface area contributed by atoms with Crippen LogP contribution < -0.4 is 21.5 Å². The number of amides is 4. The first-order valence-electron chi connectivity index (χ1n) is 19.2. The normalized spacial score (nSPS) is 20.1. The number of aromatic nitrogens is 2. The van der Waals surface area contributed by atoms with Gasteiger partial charge in [-0.1, -0.05) is 12.1 Å². The highest BCUT2D eigenvalue weighted by atomic mass is 19.1. The van der Waals surface area contributed by atoms with E-state index in [0.717, 1.165) is 12.1 Å². The summed E-state index contributed by atoms with van der Waals surface area (Å²) in [4.78, 5) is 79.4. The molecule has 8 rings (SSSR count). The predicted molar refractivity (Wildman–Crippen MR) is 205 cm³/mol. The Balaban J connectivity index is 0.000000184. The summed E-state index contributed by atoms with van der Waals surface area (Å²) in [5.74, 6) is -7.55. The topological polar surface area (TPSA) is 202 Å². The zero-order valence-electron chi connectivity index (χ0n) is 32.9. The maximum atomic E-state index is 13.8. The molecule has 2 aromatic heterocycles. The minimum Gasteiger partial charge on any atom is -0.503 e. The van der Waals surface area contributed by atoms with Gasteiger partial charge in [0, 0.05) is 61.3 Å². The Morgan fingerprint density at radius 1 is 0.689 bits per heavy atom. The average Bonchev–Trinajstić information content (AvgIpc) is 3.91. The maximum absolute atomic E-state index is 13.8. The number of rotatable bonds is 8. The summed E-state index contributed by atoms with van der Waals surface area (Å²) in [6, 6.07) is 4.35. The number of hydrogen-bond acceptors (Lipinski definition) is 10. The lowest BCUT2D eigenvalue weighted by Crippen LogP contribution is -2.54. The van der Waals surface area contributed by atoms with Gasteiger partial charge in [-0.3, -0.25) is 28.8 Å². The fourth-order valence-electron chi connectivity index (χ4n) is 8.09. The predicted octanol–water partition coefficient (Wildman–Crippen LogP) is 2.74. The van der Waals surface area contributed by atoms with E-state index in [1.807, 2.05) is 13.8 Å². The van der Waals surface area contributed by atoms with E-state index < -0.39 is 69.3 Å². The van der Waals surface area contributed by atoms with E-state index in [-0.39, 0.29) is 90.2 Å². The first kappa shape index (κ1) is 42.6. The number of carbonyl (C=O) groups excluding carboxylic acids is 4. The number of nitrogens with zero attached hydrogens (tertiary/aromatic N) is 4. The summed E-state index contributed by atoms with van der Waals surface area (Å²) in [6.45, 7) is 6.35. The minimum absolute atomic E-state index is 0.0315. The fraction of sp³-hybridized carbons (Fsp3) is 0.366. The monoisotopic (exact) mass is 852 g/mol. The number of carbonyl (C=O) groups is 4. The summed E-state index contributed by atoms with van der Waals surface area (Å²) in [5.41, 5.74) is -3.09. The van der Waals surface area contributed by atoms with E-state index in [2.05, 4.69) is 10.6 Å². The van der Waals surface area contributed by atoms with Crippen LogP contribution in [0.3, 0.4) is 0 Å². The zero-order valence-corrected chi connectivity index (χ0v) is 32.9. The summed E-state index contributed by atoms with van der Waals surface area (Å²) in [6.07, 6.45) is 2.46. The summed E-state index contributed by atoms with van der Waals surface area (Å²) < 4.78 is 67.5. The Hall–Kier alpha value is -6.54. The van der Waals surface area contributed by atoms with E-state index >= 15 is 0 Å². The molecular formula is C41H40F4N6O10. The Bertz CT molecular complexity index is 2580. The maximum Gasteiger partial charge on any atom is 0.275 e. The molecule has 4 aromatic rings. The van der Waals surface area contributed by atoms with Crippen molar-refractivity contribution in [1.29, 1.82) is 0 Å². The van der Waals surface area contributed by atoms with Gasteiger partial charge in [-0.05, 0) is 32.9 Å². The SMILES string of the molecule is CC(C)N1C(=O)c2c(O)c(=O)c(C(=O)NCc3ccc(F)cc3F)cn2C2COCC21.CCN1C(=O)c2c(O)c(=O)c(C(=O)NCc3ccc(F)cc3F)cn2C2COCC21. The van der Waals surface area contributed by atoms with Crippen LogP contribution in [0.2, 0.25) is 0 Å². The van der Waals surface area contributed by atoms with E-state index in [4.69, 9.17) is 9.47 Å². The van der Waals surface area contributed by atoms with Crippen molar-refractivity contribution >= 4 is 23.6 Å². The number of hydrogen-bond donors (Lipinski definition) is 4. The van der Waals surface area contributed by atoms with Gasteiger partial charge in [-0.2, -0.15) is 0 Å². The molecule has 4 unspecified atom stereocenters. The zero-order chi connectivity index (χ0) is 44.0. The largest absolute Gasteiger partial charge is 0.503 e. The van der Waals surface area contributed by atoms with Gasteiger partial charge in [0.25, 0.3) is 23.6 Å². The molecule has 4 aliphatic rings. The van der Waals surface area contributed by atoms with Gasteiger partial charge >= 0.3 is 0 Å². The third-order valence-electron chi connectivity index (χ3n) is 11.1. The second-order valence-electron chi connectivity index (χ2n) is 15.0. The van der Waals surface area contributed by atoms with Gasteiger partial charge in [0.1, 0.15) is 34.4 Å².